The maximum Gasteiger partial charge on any atom is 0.231 e. The number of H-pyrrole nitrogens is 1. The lowest BCUT2D eigenvalue weighted by Crippen LogP contribution is -2.14. The van der Waals surface area contributed by atoms with E-state index in [4.69, 9.17) is 14.2 Å². The summed E-state index contributed by atoms with van der Waals surface area (Å²) >= 11 is 0. The van der Waals surface area contributed by atoms with Gasteiger partial charge in [0.15, 0.2) is 11.5 Å². The van der Waals surface area contributed by atoms with Crippen LogP contribution in [0.1, 0.15) is 5.56 Å². The highest BCUT2D eigenvalue weighted by molar-refractivity contribution is 5.96. The van der Waals surface area contributed by atoms with Crippen LogP contribution in [0, 0.1) is 0 Å². The first-order valence-corrected chi connectivity index (χ1v) is 7.56. The topological polar surface area (TPSA) is 72.6 Å². The van der Waals surface area contributed by atoms with Gasteiger partial charge >= 0.3 is 0 Å². The predicted octanol–water partition coefficient (Wildman–Crippen LogP) is 3.09. The van der Waals surface area contributed by atoms with E-state index in [2.05, 4.69) is 10.3 Å². The number of carbonyl (C=O) groups excluding carboxylic acids is 1. The lowest BCUT2D eigenvalue weighted by atomic mass is 10.1. The van der Waals surface area contributed by atoms with Crippen molar-refractivity contribution in [2.24, 2.45) is 0 Å². The lowest BCUT2D eigenvalue weighted by molar-refractivity contribution is -0.115. The molecule has 1 aliphatic rings. The van der Waals surface area contributed by atoms with Gasteiger partial charge in [-0.25, -0.2) is 0 Å². The van der Waals surface area contributed by atoms with Crippen molar-refractivity contribution in [3.63, 3.8) is 0 Å². The molecule has 4 rings (SSSR count). The molecule has 0 saturated heterocycles. The first-order chi connectivity index (χ1) is 11.7. The Morgan fingerprint density at radius 1 is 1.21 bits per heavy atom. The van der Waals surface area contributed by atoms with Crippen molar-refractivity contribution >= 4 is 22.5 Å². The van der Waals surface area contributed by atoms with E-state index in [1.54, 1.807) is 25.3 Å². The second-order valence-corrected chi connectivity index (χ2v) is 5.52. The highest BCUT2D eigenvalue weighted by Gasteiger charge is 2.15. The summed E-state index contributed by atoms with van der Waals surface area (Å²) in [5.74, 6) is 2.02. The number of anilines is 1. The summed E-state index contributed by atoms with van der Waals surface area (Å²) in [6, 6.07) is 11.1. The molecule has 0 spiro atoms. The molecule has 1 amide bonds. The fourth-order valence-corrected chi connectivity index (χ4v) is 2.79. The summed E-state index contributed by atoms with van der Waals surface area (Å²) in [6.07, 6.45) is 2.13. The van der Waals surface area contributed by atoms with E-state index < -0.39 is 0 Å². The number of fused-ring (bicyclic) bond motifs is 2. The van der Waals surface area contributed by atoms with E-state index in [-0.39, 0.29) is 19.1 Å². The van der Waals surface area contributed by atoms with E-state index in [1.165, 1.54) is 0 Å². The number of ether oxygens (including phenoxy) is 3. The standard InChI is InChI=1S/C18H16N2O4/c1-22-13-3-4-14-11(9-19-15(14)8-13)6-18(21)20-12-2-5-16-17(7-12)24-10-23-16/h2-5,7-9,19H,6,10H2,1H3,(H,20,21). The van der Waals surface area contributed by atoms with Crippen LogP contribution in [0.2, 0.25) is 0 Å². The summed E-state index contributed by atoms with van der Waals surface area (Å²) in [5.41, 5.74) is 2.57. The minimum Gasteiger partial charge on any atom is -0.497 e. The number of hydrogen-bond acceptors (Lipinski definition) is 4. The van der Waals surface area contributed by atoms with Gasteiger partial charge in [-0.1, -0.05) is 0 Å². The molecule has 0 atom stereocenters. The molecule has 24 heavy (non-hydrogen) atoms. The Labute approximate surface area is 138 Å². The van der Waals surface area contributed by atoms with E-state index in [1.807, 2.05) is 24.4 Å². The van der Waals surface area contributed by atoms with E-state index >= 15 is 0 Å². The number of aromatic amines is 1. The fraction of sp³-hybridized carbons (Fsp3) is 0.167. The largest absolute Gasteiger partial charge is 0.497 e. The van der Waals surface area contributed by atoms with Crippen LogP contribution < -0.4 is 19.5 Å². The Morgan fingerprint density at radius 2 is 2.08 bits per heavy atom. The average molecular weight is 324 g/mol. The molecule has 6 nitrogen and oxygen atoms in total. The molecule has 0 radical (unpaired) electrons. The van der Waals surface area contributed by atoms with Gasteiger partial charge in [-0.15, -0.1) is 0 Å². The Hall–Kier alpha value is -3.15. The molecule has 2 aromatic carbocycles. The van der Waals surface area contributed by atoms with Crippen molar-refractivity contribution in [2.45, 2.75) is 6.42 Å². The Bertz CT molecular complexity index is 917. The van der Waals surface area contributed by atoms with Gasteiger partial charge in [0.2, 0.25) is 12.7 Å². The maximum atomic E-state index is 12.3. The van der Waals surface area contributed by atoms with Crippen molar-refractivity contribution in [3.8, 4) is 17.2 Å². The molecule has 0 aliphatic carbocycles. The van der Waals surface area contributed by atoms with Crippen molar-refractivity contribution in [1.29, 1.82) is 0 Å². The molecule has 0 fully saturated rings. The van der Waals surface area contributed by atoms with Gasteiger partial charge in [0.05, 0.1) is 13.5 Å². The molecule has 6 heteroatoms. The van der Waals surface area contributed by atoms with Gasteiger partial charge in [0.1, 0.15) is 5.75 Å². The van der Waals surface area contributed by atoms with E-state index in [9.17, 15) is 4.79 Å². The third-order valence-electron chi connectivity index (χ3n) is 3.98. The molecule has 1 aromatic heterocycles. The van der Waals surface area contributed by atoms with Gasteiger partial charge in [-0.2, -0.15) is 0 Å². The predicted molar refractivity (Wildman–Crippen MR) is 89.7 cm³/mol. The summed E-state index contributed by atoms with van der Waals surface area (Å²) < 4.78 is 15.8. The van der Waals surface area contributed by atoms with Crippen LogP contribution in [-0.2, 0) is 11.2 Å². The zero-order valence-electron chi connectivity index (χ0n) is 13.1. The number of amides is 1. The van der Waals surface area contributed by atoms with Crippen molar-refractivity contribution in [2.75, 3.05) is 19.2 Å². The number of methoxy groups -OCH3 is 1. The van der Waals surface area contributed by atoms with Crippen molar-refractivity contribution < 1.29 is 19.0 Å². The smallest absolute Gasteiger partial charge is 0.231 e. The monoisotopic (exact) mass is 324 g/mol. The van der Waals surface area contributed by atoms with Crippen LogP contribution in [0.3, 0.4) is 0 Å². The normalized spacial score (nSPS) is 12.4. The van der Waals surface area contributed by atoms with Crippen LogP contribution >= 0.6 is 0 Å². The summed E-state index contributed by atoms with van der Waals surface area (Å²) in [5, 5.41) is 3.89. The van der Waals surface area contributed by atoms with Gasteiger partial charge < -0.3 is 24.5 Å². The molecular weight excluding hydrogens is 308 g/mol. The van der Waals surface area contributed by atoms with Crippen molar-refractivity contribution in [1.82, 2.24) is 4.98 Å². The SMILES string of the molecule is COc1ccc2c(CC(=O)Nc3ccc4c(c3)OCO4)c[nH]c2c1. The molecule has 1 aliphatic heterocycles. The number of benzene rings is 2. The minimum absolute atomic E-state index is 0.0921. The molecular formula is C18H16N2O4. The second-order valence-electron chi connectivity index (χ2n) is 5.52. The van der Waals surface area contributed by atoms with Gasteiger partial charge in [-0.05, 0) is 29.8 Å². The highest BCUT2D eigenvalue weighted by Crippen LogP contribution is 2.34. The first kappa shape index (κ1) is 14.4. The van der Waals surface area contributed by atoms with Gasteiger partial charge in [0, 0.05) is 34.9 Å². The zero-order valence-corrected chi connectivity index (χ0v) is 13.1. The fourth-order valence-electron chi connectivity index (χ4n) is 2.79. The highest BCUT2D eigenvalue weighted by atomic mass is 16.7. The average Bonchev–Trinajstić information content (AvgIpc) is 3.21. The van der Waals surface area contributed by atoms with Gasteiger partial charge in [-0.3, -0.25) is 4.79 Å². The summed E-state index contributed by atoms with van der Waals surface area (Å²) in [4.78, 5) is 15.5. The summed E-state index contributed by atoms with van der Waals surface area (Å²) in [6.45, 7) is 0.214. The Balaban J connectivity index is 1.50. The maximum absolute atomic E-state index is 12.3. The molecule has 2 N–H and O–H groups in total. The Morgan fingerprint density at radius 3 is 2.96 bits per heavy atom. The number of nitrogens with one attached hydrogen (secondary N) is 2. The van der Waals surface area contributed by atoms with Crippen LogP contribution in [0.25, 0.3) is 10.9 Å². The Kier molecular flexibility index (Phi) is 3.49. The minimum atomic E-state index is -0.0921. The van der Waals surface area contributed by atoms with Gasteiger partial charge in [0.25, 0.3) is 0 Å². The van der Waals surface area contributed by atoms with Crippen molar-refractivity contribution in [3.05, 3.63) is 48.2 Å². The lowest BCUT2D eigenvalue weighted by Gasteiger charge is -2.06. The first-order valence-electron chi connectivity index (χ1n) is 7.56. The number of aromatic nitrogens is 1. The van der Waals surface area contributed by atoms with Crippen LogP contribution in [0.15, 0.2) is 42.6 Å². The van der Waals surface area contributed by atoms with Crippen LogP contribution in [0.5, 0.6) is 17.2 Å². The number of carbonyl (C=O) groups is 1. The number of hydrogen-bond donors (Lipinski definition) is 2. The quantitative estimate of drug-likeness (QED) is 0.773. The van der Waals surface area contributed by atoms with Crippen LogP contribution in [-0.4, -0.2) is 24.8 Å². The van der Waals surface area contributed by atoms with Crippen LogP contribution in [0.4, 0.5) is 5.69 Å². The molecule has 0 bridgehead atoms. The summed E-state index contributed by atoms with van der Waals surface area (Å²) in [7, 11) is 1.63. The molecule has 2 heterocycles. The third-order valence-corrected chi connectivity index (χ3v) is 3.98. The second kappa shape index (κ2) is 5.81. The molecule has 3 aromatic rings. The zero-order chi connectivity index (χ0) is 16.5. The molecule has 122 valence electrons. The number of rotatable bonds is 4. The third kappa shape index (κ3) is 2.62. The molecule has 0 saturated carbocycles. The van der Waals surface area contributed by atoms with E-state index in [0.29, 0.717) is 17.2 Å². The molecule has 0 unspecified atom stereocenters. The van der Waals surface area contributed by atoms with E-state index in [0.717, 1.165) is 22.2 Å².